The molecule has 0 spiro atoms. The SMILES string of the molecule is O=C(O)CCCn1cc(C(=O)c2ccc(OC(CCBr)c3ccccc3)cc2)c2ccccc21. The van der Waals surface area contributed by atoms with E-state index < -0.39 is 5.97 Å². The molecule has 6 heteroatoms. The van der Waals surface area contributed by atoms with Gasteiger partial charge in [-0.15, -0.1) is 0 Å². The number of alkyl halides is 1. The van der Waals surface area contributed by atoms with E-state index in [2.05, 4.69) is 28.1 Å². The Morgan fingerprint density at radius 1 is 0.941 bits per heavy atom. The third-order valence-corrected chi connectivity index (χ3v) is 6.22. The summed E-state index contributed by atoms with van der Waals surface area (Å²) in [5.74, 6) is -0.178. The van der Waals surface area contributed by atoms with Gasteiger partial charge in [0.25, 0.3) is 0 Å². The second kappa shape index (κ2) is 11.2. The Morgan fingerprint density at radius 3 is 2.35 bits per heavy atom. The smallest absolute Gasteiger partial charge is 0.303 e. The maximum Gasteiger partial charge on any atom is 0.303 e. The standard InChI is InChI=1S/C28H26BrNO4/c29-17-16-26(20-7-2-1-3-8-20)34-22-14-12-21(13-15-22)28(33)24-19-30(18-6-11-27(31)32)25-10-5-4-9-23(24)25/h1-5,7-10,12-15,19,26H,6,11,16-18H2,(H,31,32). The van der Waals surface area contributed by atoms with E-state index in [4.69, 9.17) is 9.84 Å². The topological polar surface area (TPSA) is 68.5 Å². The lowest BCUT2D eigenvalue weighted by molar-refractivity contribution is -0.137. The summed E-state index contributed by atoms with van der Waals surface area (Å²) >= 11 is 3.51. The third-order valence-electron chi connectivity index (χ3n) is 5.76. The number of ketones is 1. The number of nitrogens with zero attached hydrogens (tertiary/aromatic N) is 1. The summed E-state index contributed by atoms with van der Waals surface area (Å²) in [6.45, 7) is 0.543. The number of halogens is 1. The van der Waals surface area contributed by atoms with Crippen LogP contribution >= 0.6 is 15.9 Å². The Balaban J connectivity index is 1.54. The molecule has 0 radical (unpaired) electrons. The summed E-state index contributed by atoms with van der Waals surface area (Å²) in [5.41, 5.74) is 3.23. The van der Waals surface area contributed by atoms with Gasteiger partial charge in [0.15, 0.2) is 5.78 Å². The molecular formula is C28H26BrNO4. The van der Waals surface area contributed by atoms with Crippen molar-refractivity contribution >= 4 is 38.6 Å². The van der Waals surface area contributed by atoms with Crippen molar-refractivity contribution in [1.29, 1.82) is 0 Å². The van der Waals surface area contributed by atoms with Crippen molar-refractivity contribution in [2.45, 2.75) is 31.9 Å². The van der Waals surface area contributed by atoms with Crippen molar-refractivity contribution in [3.05, 3.63) is 102 Å². The Labute approximate surface area is 207 Å². The van der Waals surface area contributed by atoms with Crippen molar-refractivity contribution in [3.8, 4) is 5.75 Å². The van der Waals surface area contributed by atoms with Gasteiger partial charge in [-0.3, -0.25) is 9.59 Å². The molecule has 4 aromatic rings. The number of carboxylic acids is 1. The molecule has 174 valence electrons. The molecule has 1 N–H and O–H groups in total. The highest BCUT2D eigenvalue weighted by molar-refractivity contribution is 9.09. The zero-order valence-electron chi connectivity index (χ0n) is 18.7. The number of aliphatic carboxylic acids is 1. The molecule has 0 saturated heterocycles. The molecule has 3 aromatic carbocycles. The van der Waals surface area contributed by atoms with Crippen LogP contribution < -0.4 is 4.74 Å². The number of hydrogen-bond acceptors (Lipinski definition) is 3. The first-order chi connectivity index (χ1) is 16.6. The number of fused-ring (bicyclic) bond motifs is 1. The van der Waals surface area contributed by atoms with Gasteiger partial charge in [0, 0.05) is 46.5 Å². The van der Waals surface area contributed by atoms with E-state index in [1.165, 1.54) is 0 Å². The predicted molar refractivity (Wildman–Crippen MR) is 137 cm³/mol. The molecule has 0 aliphatic rings. The number of benzene rings is 3. The Hall–Kier alpha value is -3.38. The Morgan fingerprint density at radius 2 is 1.65 bits per heavy atom. The Kier molecular flexibility index (Phi) is 7.80. The van der Waals surface area contributed by atoms with Crippen LogP contribution in [0.4, 0.5) is 0 Å². The van der Waals surface area contributed by atoms with Crippen molar-refractivity contribution in [3.63, 3.8) is 0 Å². The number of rotatable bonds is 11. The van der Waals surface area contributed by atoms with Gasteiger partial charge in [-0.05, 0) is 48.7 Å². The molecule has 1 aromatic heterocycles. The van der Waals surface area contributed by atoms with E-state index in [9.17, 15) is 9.59 Å². The van der Waals surface area contributed by atoms with Gasteiger partial charge < -0.3 is 14.4 Å². The number of carbonyl (C=O) groups excluding carboxylic acids is 1. The fourth-order valence-corrected chi connectivity index (χ4v) is 4.49. The van der Waals surface area contributed by atoms with Crippen molar-refractivity contribution in [2.75, 3.05) is 5.33 Å². The molecule has 34 heavy (non-hydrogen) atoms. The van der Waals surface area contributed by atoms with E-state index in [1.54, 1.807) is 12.1 Å². The van der Waals surface area contributed by atoms with Crippen molar-refractivity contribution < 1.29 is 19.4 Å². The van der Waals surface area contributed by atoms with Crippen LogP contribution in [0.15, 0.2) is 85.1 Å². The van der Waals surface area contributed by atoms with E-state index in [0.29, 0.717) is 29.8 Å². The van der Waals surface area contributed by atoms with Crippen molar-refractivity contribution in [1.82, 2.24) is 4.57 Å². The highest BCUT2D eigenvalue weighted by Crippen LogP contribution is 2.28. The first-order valence-electron chi connectivity index (χ1n) is 11.3. The monoisotopic (exact) mass is 519 g/mol. The number of ether oxygens (including phenoxy) is 1. The Bertz CT molecular complexity index is 1260. The second-order valence-corrected chi connectivity index (χ2v) is 8.89. The highest BCUT2D eigenvalue weighted by Gasteiger charge is 2.18. The fourth-order valence-electron chi connectivity index (χ4n) is 4.08. The van der Waals surface area contributed by atoms with Crippen LogP contribution in [-0.2, 0) is 11.3 Å². The fraction of sp³-hybridized carbons (Fsp3) is 0.214. The van der Waals surface area contributed by atoms with Crippen LogP contribution in [-0.4, -0.2) is 26.8 Å². The van der Waals surface area contributed by atoms with Gasteiger partial charge in [-0.2, -0.15) is 0 Å². The largest absolute Gasteiger partial charge is 0.486 e. The van der Waals surface area contributed by atoms with E-state index in [0.717, 1.165) is 28.2 Å². The average Bonchev–Trinajstić information content (AvgIpc) is 3.23. The predicted octanol–water partition coefficient (Wildman–Crippen LogP) is 6.64. The molecule has 0 fully saturated rings. The first kappa shape index (κ1) is 23.8. The van der Waals surface area contributed by atoms with Crippen LogP contribution in [0, 0.1) is 0 Å². The first-order valence-corrected chi connectivity index (χ1v) is 12.4. The van der Waals surface area contributed by atoms with Gasteiger partial charge >= 0.3 is 5.97 Å². The number of aromatic nitrogens is 1. The maximum atomic E-state index is 13.4. The molecule has 0 aliphatic heterocycles. The molecule has 5 nitrogen and oxygen atoms in total. The molecule has 0 saturated carbocycles. The zero-order chi connectivity index (χ0) is 23.9. The molecule has 0 aliphatic carbocycles. The lowest BCUT2D eigenvalue weighted by Gasteiger charge is -2.19. The molecule has 4 rings (SSSR count). The molecule has 0 bridgehead atoms. The van der Waals surface area contributed by atoms with Gasteiger partial charge in [0.1, 0.15) is 11.9 Å². The highest BCUT2D eigenvalue weighted by atomic mass is 79.9. The number of hydrogen-bond donors (Lipinski definition) is 1. The average molecular weight is 520 g/mol. The number of para-hydroxylation sites is 1. The summed E-state index contributed by atoms with van der Waals surface area (Å²) in [6.07, 6.45) is 3.18. The molecule has 1 atom stereocenters. The zero-order valence-corrected chi connectivity index (χ0v) is 20.3. The molecule has 1 heterocycles. The molecule has 0 amide bonds. The van der Waals surface area contributed by atoms with Crippen LogP contribution in [0.25, 0.3) is 10.9 Å². The second-order valence-electron chi connectivity index (χ2n) is 8.10. The summed E-state index contributed by atoms with van der Waals surface area (Å²) in [4.78, 5) is 24.2. The lowest BCUT2D eigenvalue weighted by atomic mass is 10.0. The maximum absolute atomic E-state index is 13.4. The normalized spacial score (nSPS) is 11.9. The van der Waals surface area contributed by atoms with E-state index >= 15 is 0 Å². The summed E-state index contributed by atoms with van der Waals surface area (Å²) in [5, 5.41) is 10.6. The minimum Gasteiger partial charge on any atom is -0.486 e. The summed E-state index contributed by atoms with van der Waals surface area (Å²) < 4.78 is 8.19. The van der Waals surface area contributed by atoms with Crippen LogP contribution in [0.1, 0.15) is 46.9 Å². The van der Waals surface area contributed by atoms with E-state index in [1.807, 2.05) is 65.4 Å². The molecular weight excluding hydrogens is 494 g/mol. The van der Waals surface area contributed by atoms with Crippen molar-refractivity contribution in [2.24, 2.45) is 0 Å². The van der Waals surface area contributed by atoms with Gasteiger partial charge in [-0.1, -0.05) is 64.5 Å². The summed E-state index contributed by atoms with van der Waals surface area (Å²) in [7, 11) is 0. The molecule has 1 unspecified atom stereocenters. The minimum atomic E-state index is -0.819. The number of carboxylic acid groups (broad SMARTS) is 1. The third kappa shape index (κ3) is 5.57. The van der Waals surface area contributed by atoms with Crippen LogP contribution in [0.2, 0.25) is 0 Å². The number of aryl methyl sites for hydroxylation is 1. The van der Waals surface area contributed by atoms with E-state index in [-0.39, 0.29) is 18.3 Å². The van der Waals surface area contributed by atoms with Gasteiger partial charge in [0.05, 0.1) is 0 Å². The lowest BCUT2D eigenvalue weighted by Crippen LogP contribution is -2.08. The number of carbonyl (C=O) groups is 2. The quantitative estimate of drug-likeness (QED) is 0.178. The van der Waals surface area contributed by atoms with Gasteiger partial charge in [-0.25, -0.2) is 0 Å². The van der Waals surface area contributed by atoms with Crippen LogP contribution in [0.5, 0.6) is 5.75 Å². The summed E-state index contributed by atoms with van der Waals surface area (Å²) in [6, 6.07) is 25.1. The van der Waals surface area contributed by atoms with Gasteiger partial charge in [0.2, 0.25) is 0 Å². The minimum absolute atomic E-state index is 0.0696. The van der Waals surface area contributed by atoms with Crippen LogP contribution in [0.3, 0.4) is 0 Å².